The van der Waals surface area contributed by atoms with E-state index in [1.54, 1.807) is 49.4 Å². The number of para-hydroxylation sites is 1. The molecule has 0 fully saturated rings. The van der Waals surface area contributed by atoms with Gasteiger partial charge in [0.2, 0.25) is 0 Å². The fourth-order valence-electron chi connectivity index (χ4n) is 5.08. The number of anilines is 2. The molecule has 11 heteroatoms. The van der Waals surface area contributed by atoms with Crippen LogP contribution in [0.2, 0.25) is 0 Å². The minimum absolute atomic E-state index is 0.0198. The number of benzene rings is 3. The third-order valence-corrected chi connectivity index (χ3v) is 7.57. The summed E-state index contributed by atoms with van der Waals surface area (Å²) in [5, 5.41) is 14.8. The van der Waals surface area contributed by atoms with Gasteiger partial charge in [-0.1, -0.05) is 37.3 Å². The Balaban J connectivity index is 1.61. The Hall–Kier alpha value is -4.48. The van der Waals surface area contributed by atoms with Crippen LogP contribution in [0.3, 0.4) is 0 Å². The van der Waals surface area contributed by atoms with E-state index in [2.05, 4.69) is 15.5 Å². The van der Waals surface area contributed by atoms with Crippen LogP contribution in [0.5, 0.6) is 5.75 Å². The van der Waals surface area contributed by atoms with Crippen molar-refractivity contribution in [1.29, 1.82) is 0 Å². The lowest BCUT2D eigenvalue weighted by atomic mass is 10.00. The highest BCUT2D eigenvalue weighted by Gasteiger charge is 2.29. The quantitative estimate of drug-likeness (QED) is 0.361. The number of hydrogen-bond acceptors (Lipinski definition) is 6. The third-order valence-electron chi connectivity index (χ3n) is 7.57. The maximum absolute atomic E-state index is 14.0. The van der Waals surface area contributed by atoms with Crippen LogP contribution in [0.4, 0.5) is 20.6 Å². The van der Waals surface area contributed by atoms with E-state index >= 15 is 0 Å². The molecule has 228 valence electrons. The monoisotopic (exact) mass is 592 g/mol. The van der Waals surface area contributed by atoms with Gasteiger partial charge in [0.25, 0.3) is 5.91 Å². The van der Waals surface area contributed by atoms with Crippen LogP contribution in [-0.2, 0) is 11.3 Å². The van der Waals surface area contributed by atoms with Crippen molar-refractivity contribution < 1.29 is 33.4 Å². The normalized spacial score (nSPS) is 19.8. The average Bonchev–Trinajstić information content (AvgIpc) is 2.98. The molecule has 1 aliphatic rings. The molecule has 3 amide bonds. The number of carboxylic acid groups (broad SMARTS) is 1. The van der Waals surface area contributed by atoms with Crippen molar-refractivity contribution >= 4 is 29.3 Å². The standard InChI is InChI=1S/C32H37FN4O6/c1-20-16-37(17-22-9-5-6-10-24(22)31(39)40)21(2)19-43-28-14-13-23(15-25(28)30(38)36(3)18-29(20)42-4)34-32(41)35-27-12-8-7-11-26(27)33/h5-15,20-21,29H,16-19H2,1-4H3,(H,39,40)(H2,34,35,41)/t20-,21+,29-/m1/s1. The minimum Gasteiger partial charge on any atom is -0.491 e. The number of fused-ring (bicyclic) bond motifs is 1. The van der Waals surface area contributed by atoms with Gasteiger partial charge in [-0.3, -0.25) is 9.69 Å². The molecule has 0 saturated carbocycles. The number of ether oxygens (including phenoxy) is 2. The van der Waals surface area contributed by atoms with Gasteiger partial charge in [-0.2, -0.15) is 0 Å². The molecular formula is C32H37FN4O6. The van der Waals surface area contributed by atoms with Gasteiger partial charge < -0.3 is 30.1 Å². The van der Waals surface area contributed by atoms with Crippen molar-refractivity contribution in [1.82, 2.24) is 9.80 Å². The number of amides is 3. The van der Waals surface area contributed by atoms with Crippen molar-refractivity contribution in [3.05, 3.63) is 89.2 Å². The number of carbonyl (C=O) groups is 3. The third kappa shape index (κ3) is 7.88. The zero-order chi connectivity index (χ0) is 31.1. The molecule has 43 heavy (non-hydrogen) atoms. The molecule has 1 heterocycles. The van der Waals surface area contributed by atoms with E-state index in [0.717, 1.165) is 0 Å². The smallest absolute Gasteiger partial charge is 0.336 e. The lowest BCUT2D eigenvalue weighted by Crippen LogP contribution is -2.46. The van der Waals surface area contributed by atoms with Gasteiger partial charge in [0.1, 0.15) is 18.2 Å². The van der Waals surface area contributed by atoms with E-state index in [1.807, 2.05) is 26.0 Å². The number of methoxy groups -OCH3 is 1. The zero-order valence-corrected chi connectivity index (χ0v) is 24.7. The maximum atomic E-state index is 14.0. The van der Waals surface area contributed by atoms with E-state index in [9.17, 15) is 23.9 Å². The summed E-state index contributed by atoms with van der Waals surface area (Å²) < 4.78 is 26.0. The summed E-state index contributed by atoms with van der Waals surface area (Å²) in [5.41, 5.74) is 1.51. The summed E-state index contributed by atoms with van der Waals surface area (Å²) in [6.07, 6.45) is -0.310. The maximum Gasteiger partial charge on any atom is 0.336 e. The number of hydrogen-bond donors (Lipinski definition) is 3. The second kappa shape index (κ2) is 14.1. The largest absolute Gasteiger partial charge is 0.491 e. The van der Waals surface area contributed by atoms with Gasteiger partial charge in [-0.15, -0.1) is 0 Å². The van der Waals surface area contributed by atoms with Crippen LogP contribution < -0.4 is 15.4 Å². The molecule has 0 unspecified atom stereocenters. The zero-order valence-electron chi connectivity index (χ0n) is 24.7. The molecule has 10 nitrogen and oxygen atoms in total. The first-order valence-electron chi connectivity index (χ1n) is 14.0. The average molecular weight is 593 g/mol. The summed E-state index contributed by atoms with van der Waals surface area (Å²) in [5.74, 6) is -1.57. The Morgan fingerprint density at radius 3 is 2.49 bits per heavy atom. The molecule has 0 aliphatic carbocycles. The first kappa shape index (κ1) is 31.5. The molecule has 3 atom stereocenters. The summed E-state index contributed by atoms with van der Waals surface area (Å²) in [6, 6.07) is 16.6. The number of aromatic carboxylic acids is 1. The van der Waals surface area contributed by atoms with Gasteiger partial charge in [0.05, 0.1) is 22.9 Å². The Bertz CT molecular complexity index is 1470. The molecule has 0 spiro atoms. The summed E-state index contributed by atoms with van der Waals surface area (Å²) in [4.78, 5) is 41.8. The van der Waals surface area contributed by atoms with Crippen molar-refractivity contribution in [2.75, 3.05) is 44.5 Å². The Morgan fingerprint density at radius 1 is 1.05 bits per heavy atom. The van der Waals surface area contributed by atoms with Crippen LogP contribution in [0.25, 0.3) is 0 Å². The predicted molar refractivity (Wildman–Crippen MR) is 161 cm³/mol. The molecule has 3 aromatic carbocycles. The predicted octanol–water partition coefficient (Wildman–Crippen LogP) is 5.17. The highest BCUT2D eigenvalue weighted by molar-refractivity contribution is 6.02. The molecular weight excluding hydrogens is 555 g/mol. The van der Waals surface area contributed by atoms with Crippen LogP contribution in [0.1, 0.15) is 40.1 Å². The van der Waals surface area contributed by atoms with E-state index in [4.69, 9.17) is 9.47 Å². The lowest BCUT2D eigenvalue weighted by Gasteiger charge is -2.36. The SMILES string of the molecule is CO[C@@H]1CN(C)C(=O)c2cc(NC(=O)Nc3ccccc3F)ccc2OC[C@H](C)N(Cc2ccccc2C(=O)O)C[C@H]1C. The lowest BCUT2D eigenvalue weighted by molar-refractivity contribution is 0.00915. The van der Waals surface area contributed by atoms with E-state index in [1.165, 1.54) is 24.3 Å². The van der Waals surface area contributed by atoms with E-state index in [0.29, 0.717) is 30.1 Å². The fraction of sp³-hybridized carbons (Fsp3) is 0.344. The molecule has 1 aliphatic heterocycles. The van der Waals surface area contributed by atoms with Gasteiger partial charge in [0.15, 0.2) is 0 Å². The number of halogens is 1. The number of carbonyl (C=O) groups excluding carboxylic acids is 2. The summed E-state index contributed by atoms with van der Waals surface area (Å²) in [7, 11) is 3.28. The molecule has 0 bridgehead atoms. The van der Waals surface area contributed by atoms with Gasteiger partial charge >= 0.3 is 12.0 Å². The van der Waals surface area contributed by atoms with Crippen LogP contribution in [0, 0.1) is 11.7 Å². The second-order valence-electron chi connectivity index (χ2n) is 10.8. The van der Waals surface area contributed by atoms with Crippen molar-refractivity contribution in [2.45, 2.75) is 32.5 Å². The first-order chi connectivity index (χ1) is 20.6. The summed E-state index contributed by atoms with van der Waals surface area (Å²) in [6.45, 7) is 5.48. The first-order valence-corrected chi connectivity index (χ1v) is 14.0. The second-order valence-corrected chi connectivity index (χ2v) is 10.8. The number of nitrogens with one attached hydrogen (secondary N) is 2. The van der Waals surface area contributed by atoms with Crippen LogP contribution >= 0.6 is 0 Å². The highest BCUT2D eigenvalue weighted by atomic mass is 19.1. The summed E-state index contributed by atoms with van der Waals surface area (Å²) >= 11 is 0. The molecule has 3 N–H and O–H groups in total. The number of nitrogens with zero attached hydrogens (tertiary/aromatic N) is 2. The highest BCUT2D eigenvalue weighted by Crippen LogP contribution is 2.27. The molecule has 3 aromatic rings. The van der Waals surface area contributed by atoms with Crippen LogP contribution in [0.15, 0.2) is 66.7 Å². The Morgan fingerprint density at radius 2 is 1.77 bits per heavy atom. The molecule has 0 saturated heterocycles. The van der Waals surface area contributed by atoms with Crippen molar-refractivity contribution in [3.8, 4) is 5.75 Å². The Kier molecular flexibility index (Phi) is 10.3. The number of carboxylic acids is 1. The number of likely N-dealkylation sites (N-methyl/N-ethyl adjacent to an activating group) is 1. The molecule has 4 rings (SSSR count). The number of rotatable bonds is 6. The fourth-order valence-corrected chi connectivity index (χ4v) is 5.08. The van der Waals surface area contributed by atoms with Crippen molar-refractivity contribution in [2.24, 2.45) is 5.92 Å². The molecule has 0 radical (unpaired) electrons. The van der Waals surface area contributed by atoms with E-state index < -0.39 is 17.8 Å². The van der Waals surface area contributed by atoms with Crippen molar-refractivity contribution in [3.63, 3.8) is 0 Å². The van der Waals surface area contributed by atoms with Crippen LogP contribution in [-0.4, -0.2) is 78.8 Å². The van der Waals surface area contributed by atoms with Gasteiger partial charge in [-0.25, -0.2) is 14.0 Å². The van der Waals surface area contributed by atoms with E-state index in [-0.39, 0.29) is 53.9 Å². The van der Waals surface area contributed by atoms with Gasteiger partial charge in [-0.05, 0) is 54.8 Å². The topological polar surface area (TPSA) is 120 Å². The number of urea groups is 1. The Labute approximate surface area is 250 Å². The minimum atomic E-state index is -0.988. The van der Waals surface area contributed by atoms with Gasteiger partial charge in [0, 0.05) is 45.5 Å². The molecule has 0 aromatic heterocycles.